The molecule has 0 unspecified atom stereocenters. The summed E-state index contributed by atoms with van der Waals surface area (Å²) in [5, 5.41) is 5.36. The Bertz CT molecular complexity index is 1260. The Morgan fingerprint density at radius 1 is 1.12 bits per heavy atom. The van der Waals surface area contributed by atoms with Crippen LogP contribution in [-0.4, -0.2) is 39.7 Å². The van der Waals surface area contributed by atoms with E-state index in [9.17, 15) is 9.59 Å². The van der Waals surface area contributed by atoms with Gasteiger partial charge < -0.3 is 24.3 Å². The lowest BCUT2D eigenvalue weighted by Gasteiger charge is -2.44. The number of carbonyl (C=O) groups excluding carboxylic acids is 2. The first-order chi connectivity index (χ1) is 16.5. The number of rotatable bonds is 4. The van der Waals surface area contributed by atoms with E-state index in [4.69, 9.17) is 9.47 Å². The number of hydrogen-bond donors (Lipinski definition) is 1. The van der Waals surface area contributed by atoms with E-state index in [0.717, 1.165) is 41.5 Å². The van der Waals surface area contributed by atoms with Crippen molar-refractivity contribution in [2.24, 2.45) is 0 Å². The summed E-state index contributed by atoms with van der Waals surface area (Å²) in [6.07, 6.45) is 6.73. The van der Waals surface area contributed by atoms with Crippen LogP contribution in [0.15, 0.2) is 35.7 Å². The molecule has 0 bridgehead atoms. The molecule has 1 atom stereocenters. The number of benzene rings is 1. The minimum Gasteiger partial charge on any atom is -0.454 e. The van der Waals surface area contributed by atoms with Crippen molar-refractivity contribution in [3.63, 3.8) is 0 Å². The van der Waals surface area contributed by atoms with Gasteiger partial charge in [-0.15, -0.1) is 11.3 Å². The van der Waals surface area contributed by atoms with Crippen LogP contribution in [0.3, 0.4) is 0 Å². The summed E-state index contributed by atoms with van der Waals surface area (Å²) in [4.78, 5) is 29.5. The van der Waals surface area contributed by atoms with E-state index in [-0.39, 0.29) is 24.6 Å². The maximum Gasteiger partial charge on any atom is 0.271 e. The van der Waals surface area contributed by atoms with Gasteiger partial charge >= 0.3 is 0 Å². The minimum absolute atomic E-state index is 0.0729. The number of aromatic nitrogens is 1. The van der Waals surface area contributed by atoms with Crippen LogP contribution in [0.4, 0.5) is 0 Å². The number of carbonyl (C=O) groups is 2. The number of hydrogen-bond acceptors (Lipinski definition) is 5. The molecule has 1 fully saturated rings. The van der Waals surface area contributed by atoms with Gasteiger partial charge in [-0.3, -0.25) is 9.59 Å². The van der Waals surface area contributed by atoms with E-state index in [0.29, 0.717) is 30.3 Å². The number of thiophene rings is 1. The Hall–Kier alpha value is -3.00. The molecule has 3 aliphatic rings. The molecule has 2 amide bonds. The van der Waals surface area contributed by atoms with Gasteiger partial charge in [0.05, 0.1) is 16.8 Å². The summed E-state index contributed by atoms with van der Waals surface area (Å²) >= 11 is 1.62. The Labute approximate surface area is 202 Å². The lowest BCUT2D eigenvalue weighted by Crippen LogP contribution is -2.64. The van der Waals surface area contributed by atoms with Crippen LogP contribution in [0.5, 0.6) is 11.5 Å². The summed E-state index contributed by atoms with van der Waals surface area (Å²) in [5.74, 6) is 1.19. The average Bonchev–Trinajstić information content (AvgIpc) is 3.50. The van der Waals surface area contributed by atoms with Crippen molar-refractivity contribution in [2.75, 3.05) is 6.79 Å². The van der Waals surface area contributed by atoms with Crippen LogP contribution < -0.4 is 14.8 Å². The second-order valence-corrected chi connectivity index (χ2v) is 10.7. The van der Waals surface area contributed by atoms with Gasteiger partial charge in [-0.1, -0.05) is 31.7 Å². The molecule has 1 aliphatic carbocycles. The molecule has 1 saturated carbocycles. The molecule has 0 saturated heterocycles. The highest BCUT2D eigenvalue weighted by atomic mass is 32.1. The first-order valence-electron chi connectivity index (χ1n) is 12.1. The first-order valence-corrected chi connectivity index (χ1v) is 13.0. The summed E-state index contributed by atoms with van der Waals surface area (Å²) < 4.78 is 14.1. The molecular weight excluding hydrogens is 450 g/mol. The SMILES string of the molecule is C[C@@]1(C(=O)NC2CCCCCC2)Cn2c(cc3sccc32)C(=O)N1Cc1ccc2c(c1)OCO2. The predicted octanol–water partition coefficient (Wildman–Crippen LogP) is 4.69. The Kier molecular flexibility index (Phi) is 5.28. The van der Waals surface area contributed by atoms with Gasteiger partial charge in [0.25, 0.3) is 5.91 Å². The molecule has 178 valence electrons. The highest BCUT2D eigenvalue weighted by Gasteiger charge is 2.48. The van der Waals surface area contributed by atoms with Gasteiger partial charge in [-0.25, -0.2) is 0 Å². The van der Waals surface area contributed by atoms with Gasteiger partial charge in [0.2, 0.25) is 12.7 Å². The molecule has 3 aromatic rings. The average molecular weight is 480 g/mol. The van der Waals surface area contributed by atoms with Gasteiger partial charge in [-0.2, -0.15) is 0 Å². The summed E-state index contributed by atoms with van der Waals surface area (Å²) in [7, 11) is 0. The standard InChI is InChI=1S/C26H29N3O4S/c1-26(25(31)27-18-6-4-2-3-5-7-18)15-28-19-10-11-34-23(19)13-20(28)24(30)29(26)14-17-8-9-21-22(12-17)33-16-32-21/h8-13,18H,2-7,14-16H2,1H3,(H,27,31)/t26-/m0/s1. The fraction of sp³-hybridized carbons (Fsp3) is 0.462. The van der Waals surface area contributed by atoms with E-state index >= 15 is 0 Å². The fourth-order valence-electron chi connectivity index (χ4n) is 5.51. The van der Waals surface area contributed by atoms with Crippen LogP contribution >= 0.6 is 11.3 Å². The van der Waals surface area contributed by atoms with Crippen LogP contribution in [0.25, 0.3) is 10.2 Å². The van der Waals surface area contributed by atoms with Crippen LogP contribution in [0, 0.1) is 0 Å². The molecule has 6 rings (SSSR count). The third kappa shape index (κ3) is 3.55. The molecule has 0 radical (unpaired) electrons. The predicted molar refractivity (Wildman–Crippen MR) is 130 cm³/mol. The van der Waals surface area contributed by atoms with E-state index in [2.05, 4.69) is 5.32 Å². The molecule has 1 N–H and O–H groups in total. The van der Waals surface area contributed by atoms with Gasteiger partial charge in [0.15, 0.2) is 11.5 Å². The van der Waals surface area contributed by atoms with E-state index in [1.165, 1.54) is 12.8 Å². The Morgan fingerprint density at radius 3 is 2.74 bits per heavy atom. The van der Waals surface area contributed by atoms with Gasteiger partial charge in [-0.05, 0) is 55.0 Å². The molecule has 4 heterocycles. The summed E-state index contributed by atoms with van der Waals surface area (Å²) in [6, 6.07) is 9.88. The highest BCUT2D eigenvalue weighted by Crippen LogP contribution is 2.37. The number of ether oxygens (including phenoxy) is 2. The summed E-state index contributed by atoms with van der Waals surface area (Å²) in [5.41, 5.74) is 1.56. The van der Waals surface area contributed by atoms with Crippen molar-refractivity contribution < 1.29 is 19.1 Å². The molecule has 1 aromatic carbocycles. The lowest BCUT2D eigenvalue weighted by atomic mass is 9.93. The smallest absolute Gasteiger partial charge is 0.271 e. The minimum atomic E-state index is -1.01. The number of fused-ring (bicyclic) bond motifs is 4. The molecular formula is C26H29N3O4S. The van der Waals surface area contributed by atoms with Crippen molar-refractivity contribution in [3.05, 3.63) is 47.0 Å². The molecule has 34 heavy (non-hydrogen) atoms. The molecule has 8 heteroatoms. The van der Waals surface area contributed by atoms with Crippen molar-refractivity contribution in [3.8, 4) is 11.5 Å². The lowest BCUT2D eigenvalue weighted by molar-refractivity contribution is -0.134. The van der Waals surface area contributed by atoms with E-state index < -0.39 is 5.54 Å². The topological polar surface area (TPSA) is 72.8 Å². The quantitative estimate of drug-likeness (QED) is 0.552. The van der Waals surface area contributed by atoms with Crippen molar-refractivity contribution >= 4 is 33.4 Å². The normalized spacial score (nSPS) is 22.6. The van der Waals surface area contributed by atoms with Crippen molar-refractivity contribution in [1.29, 1.82) is 0 Å². The Balaban J connectivity index is 1.36. The third-order valence-corrected chi connectivity index (χ3v) is 8.36. The van der Waals surface area contributed by atoms with Gasteiger partial charge in [0.1, 0.15) is 11.2 Å². The largest absolute Gasteiger partial charge is 0.454 e. The zero-order valence-electron chi connectivity index (χ0n) is 19.3. The van der Waals surface area contributed by atoms with Crippen LogP contribution in [0.2, 0.25) is 0 Å². The maximum atomic E-state index is 13.9. The third-order valence-electron chi connectivity index (χ3n) is 7.51. The number of nitrogens with zero attached hydrogens (tertiary/aromatic N) is 2. The second kappa shape index (κ2) is 8.34. The molecule has 7 nitrogen and oxygen atoms in total. The zero-order chi connectivity index (χ0) is 23.3. The maximum absolute atomic E-state index is 13.9. The van der Waals surface area contributed by atoms with E-state index in [1.54, 1.807) is 16.2 Å². The zero-order valence-corrected chi connectivity index (χ0v) is 20.2. The van der Waals surface area contributed by atoms with Crippen LogP contribution in [0.1, 0.15) is 61.5 Å². The Morgan fingerprint density at radius 2 is 1.91 bits per heavy atom. The number of amides is 2. The fourth-order valence-corrected chi connectivity index (χ4v) is 6.33. The van der Waals surface area contributed by atoms with Crippen molar-refractivity contribution in [2.45, 2.75) is 70.1 Å². The monoisotopic (exact) mass is 479 g/mol. The first kappa shape index (κ1) is 21.5. The second-order valence-electron chi connectivity index (χ2n) is 9.80. The molecule has 0 spiro atoms. The van der Waals surface area contributed by atoms with E-state index in [1.807, 2.05) is 47.2 Å². The van der Waals surface area contributed by atoms with Crippen LogP contribution in [-0.2, 0) is 17.9 Å². The molecule has 2 aliphatic heterocycles. The summed E-state index contributed by atoms with van der Waals surface area (Å²) in [6.45, 7) is 2.86. The van der Waals surface area contributed by atoms with Gasteiger partial charge in [0, 0.05) is 12.6 Å². The van der Waals surface area contributed by atoms with Crippen molar-refractivity contribution in [1.82, 2.24) is 14.8 Å². The highest BCUT2D eigenvalue weighted by molar-refractivity contribution is 7.17. The molecule has 2 aromatic heterocycles. The number of nitrogens with one attached hydrogen (secondary N) is 1.